The van der Waals surface area contributed by atoms with Crippen LogP contribution in [0.2, 0.25) is 5.02 Å². The van der Waals surface area contributed by atoms with Crippen LogP contribution < -0.4 is 10.1 Å². The molecular weight excluding hydrogens is 388 g/mol. The van der Waals surface area contributed by atoms with E-state index in [4.69, 9.17) is 16.3 Å². The Hall–Kier alpha value is -2.90. The van der Waals surface area contributed by atoms with E-state index in [0.29, 0.717) is 0 Å². The highest BCUT2D eigenvalue weighted by Gasteiger charge is 2.20. The Morgan fingerprint density at radius 2 is 1.96 bits per heavy atom. The van der Waals surface area contributed by atoms with Gasteiger partial charge < -0.3 is 10.1 Å². The van der Waals surface area contributed by atoms with Gasteiger partial charge in [-0.05, 0) is 29.1 Å². The summed E-state index contributed by atoms with van der Waals surface area (Å²) < 4.78 is 5.36. The fourth-order valence-electron chi connectivity index (χ4n) is 2.52. The molecule has 1 heterocycles. The maximum Gasteiger partial charge on any atom is 0.312 e. The summed E-state index contributed by atoms with van der Waals surface area (Å²) in [5.41, 5.74) is 0.652. The van der Waals surface area contributed by atoms with Crippen LogP contribution in [-0.2, 0) is 4.79 Å². The van der Waals surface area contributed by atoms with Crippen molar-refractivity contribution in [1.29, 1.82) is 0 Å². The minimum absolute atomic E-state index is 0.00747. The van der Waals surface area contributed by atoms with Crippen molar-refractivity contribution in [2.24, 2.45) is 0 Å². The van der Waals surface area contributed by atoms with Gasteiger partial charge >= 0.3 is 5.69 Å². The highest BCUT2D eigenvalue weighted by molar-refractivity contribution is 7.10. The second kappa shape index (κ2) is 8.66. The molecule has 6 nitrogen and oxygen atoms in total. The quantitative estimate of drug-likeness (QED) is 0.462. The van der Waals surface area contributed by atoms with Crippen LogP contribution in [0.25, 0.3) is 0 Å². The predicted octanol–water partition coefficient (Wildman–Crippen LogP) is 4.59. The van der Waals surface area contributed by atoms with Crippen molar-refractivity contribution >= 4 is 34.5 Å². The summed E-state index contributed by atoms with van der Waals surface area (Å²) in [4.78, 5) is 23.9. The topological polar surface area (TPSA) is 81.5 Å². The Labute approximate surface area is 164 Å². The number of halogens is 1. The van der Waals surface area contributed by atoms with Crippen LogP contribution >= 0.6 is 22.9 Å². The second-order valence-electron chi connectivity index (χ2n) is 5.58. The van der Waals surface area contributed by atoms with E-state index >= 15 is 0 Å². The maximum absolute atomic E-state index is 12.4. The first-order valence-corrected chi connectivity index (χ1v) is 9.25. The molecule has 1 N–H and O–H groups in total. The van der Waals surface area contributed by atoms with Gasteiger partial charge in [-0.1, -0.05) is 48.0 Å². The molecule has 0 saturated carbocycles. The molecule has 0 fully saturated rings. The average molecular weight is 403 g/mol. The molecule has 1 atom stereocenters. The lowest BCUT2D eigenvalue weighted by atomic mass is 10.1. The van der Waals surface area contributed by atoms with Crippen LogP contribution in [-0.4, -0.2) is 17.4 Å². The predicted molar refractivity (Wildman–Crippen MR) is 104 cm³/mol. The number of carbonyl (C=O) groups is 1. The largest absolute Gasteiger partial charge is 0.477 e. The number of nitrogens with zero attached hydrogens (tertiary/aromatic N) is 1. The third-order valence-electron chi connectivity index (χ3n) is 3.74. The van der Waals surface area contributed by atoms with Crippen molar-refractivity contribution in [3.8, 4) is 5.75 Å². The van der Waals surface area contributed by atoms with E-state index in [1.54, 1.807) is 0 Å². The second-order valence-corrected chi connectivity index (χ2v) is 7.00. The molecule has 0 spiro atoms. The molecule has 0 aliphatic rings. The lowest BCUT2D eigenvalue weighted by Crippen LogP contribution is -2.33. The van der Waals surface area contributed by atoms with Gasteiger partial charge in [0.05, 0.1) is 11.0 Å². The van der Waals surface area contributed by atoms with Gasteiger partial charge in [0.25, 0.3) is 5.91 Å². The Kier molecular flexibility index (Phi) is 6.05. The number of carbonyl (C=O) groups excluding carboxylic acids is 1. The van der Waals surface area contributed by atoms with E-state index in [1.807, 2.05) is 47.8 Å². The van der Waals surface area contributed by atoms with E-state index in [1.165, 1.54) is 29.5 Å². The molecule has 3 aromatic rings. The van der Waals surface area contributed by atoms with Crippen LogP contribution in [0, 0.1) is 10.1 Å². The number of nitro groups is 1. The van der Waals surface area contributed by atoms with Gasteiger partial charge in [-0.15, -0.1) is 11.3 Å². The third-order valence-corrected chi connectivity index (χ3v) is 4.91. The zero-order valence-electron chi connectivity index (χ0n) is 14.0. The lowest BCUT2D eigenvalue weighted by molar-refractivity contribution is -0.385. The maximum atomic E-state index is 12.4. The monoisotopic (exact) mass is 402 g/mol. The van der Waals surface area contributed by atoms with E-state index in [2.05, 4.69) is 5.32 Å². The summed E-state index contributed by atoms with van der Waals surface area (Å²) in [6, 6.07) is 17.1. The highest BCUT2D eigenvalue weighted by Crippen LogP contribution is 2.30. The molecule has 8 heteroatoms. The molecule has 1 amide bonds. The first-order chi connectivity index (χ1) is 13.0. The van der Waals surface area contributed by atoms with Gasteiger partial charge in [0.1, 0.15) is 0 Å². The Morgan fingerprint density at radius 1 is 1.19 bits per heavy atom. The molecule has 1 unspecified atom stereocenters. The number of hydrogen-bond acceptors (Lipinski definition) is 5. The van der Waals surface area contributed by atoms with Gasteiger partial charge in [-0.2, -0.15) is 0 Å². The number of benzene rings is 2. The zero-order valence-corrected chi connectivity index (χ0v) is 15.6. The number of rotatable bonds is 7. The summed E-state index contributed by atoms with van der Waals surface area (Å²) in [5, 5.41) is 16.2. The van der Waals surface area contributed by atoms with Crippen molar-refractivity contribution < 1.29 is 14.5 Å². The van der Waals surface area contributed by atoms with E-state index in [-0.39, 0.29) is 35.0 Å². The molecule has 138 valence electrons. The van der Waals surface area contributed by atoms with Gasteiger partial charge in [-0.25, -0.2) is 0 Å². The van der Waals surface area contributed by atoms with Gasteiger partial charge in [0, 0.05) is 16.0 Å². The van der Waals surface area contributed by atoms with Gasteiger partial charge in [-0.3, -0.25) is 14.9 Å². The fourth-order valence-corrected chi connectivity index (χ4v) is 3.49. The first kappa shape index (κ1) is 18.9. The lowest BCUT2D eigenvalue weighted by Gasteiger charge is -2.18. The number of hydrogen-bond donors (Lipinski definition) is 1. The van der Waals surface area contributed by atoms with Crippen LogP contribution in [0.5, 0.6) is 5.75 Å². The first-order valence-electron chi connectivity index (χ1n) is 7.99. The number of ether oxygens (including phenoxy) is 1. The minimum atomic E-state index is -0.600. The van der Waals surface area contributed by atoms with Crippen molar-refractivity contribution in [3.63, 3.8) is 0 Å². The zero-order chi connectivity index (χ0) is 19.2. The van der Waals surface area contributed by atoms with E-state index < -0.39 is 4.92 Å². The van der Waals surface area contributed by atoms with Crippen LogP contribution in [0.1, 0.15) is 16.5 Å². The smallest absolute Gasteiger partial charge is 0.312 e. The number of amides is 1. The number of nitro benzene ring substituents is 1. The van der Waals surface area contributed by atoms with Crippen molar-refractivity contribution in [2.75, 3.05) is 6.61 Å². The molecular formula is C19H15ClN2O4S. The number of nitrogens with one attached hydrogen (secondary N) is 1. The SMILES string of the molecule is O=C(COc1ccc(Cl)cc1[N+](=O)[O-])NC(c1ccccc1)c1cccs1. The summed E-state index contributed by atoms with van der Waals surface area (Å²) in [6.07, 6.45) is 0. The molecule has 2 aromatic carbocycles. The van der Waals surface area contributed by atoms with Crippen LogP contribution in [0.15, 0.2) is 66.0 Å². The molecule has 0 aliphatic heterocycles. The number of thiophene rings is 1. The molecule has 0 bridgehead atoms. The molecule has 3 rings (SSSR count). The van der Waals surface area contributed by atoms with Gasteiger partial charge in [0.15, 0.2) is 12.4 Å². The molecule has 27 heavy (non-hydrogen) atoms. The Morgan fingerprint density at radius 3 is 2.63 bits per heavy atom. The van der Waals surface area contributed by atoms with Gasteiger partial charge in [0.2, 0.25) is 0 Å². The normalized spacial score (nSPS) is 11.6. The Bertz CT molecular complexity index is 932. The van der Waals surface area contributed by atoms with E-state index in [9.17, 15) is 14.9 Å². The van der Waals surface area contributed by atoms with Crippen molar-refractivity contribution in [2.45, 2.75) is 6.04 Å². The van der Waals surface area contributed by atoms with Crippen LogP contribution in [0.4, 0.5) is 5.69 Å². The van der Waals surface area contributed by atoms with Crippen molar-refractivity contribution in [3.05, 3.63) is 91.6 Å². The fraction of sp³-hybridized carbons (Fsp3) is 0.105. The standard InChI is InChI=1S/C19H15ClN2O4S/c20-14-8-9-16(15(11-14)22(24)25)26-12-18(23)21-19(17-7-4-10-27-17)13-5-2-1-3-6-13/h1-11,19H,12H2,(H,21,23). The summed E-state index contributed by atoms with van der Waals surface area (Å²) >= 11 is 7.31. The molecule has 1 aromatic heterocycles. The Balaban J connectivity index is 1.72. The summed E-state index contributed by atoms with van der Waals surface area (Å²) in [6.45, 7) is -0.350. The molecule has 0 radical (unpaired) electrons. The highest BCUT2D eigenvalue weighted by atomic mass is 35.5. The van der Waals surface area contributed by atoms with Crippen LogP contribution in [0.3, 0.4) is 0 Å². The summed E-state index contributed by atoms with van der Waals surface area (Å²) in [7, 11) is 0. The van der Waals surface area contributed by atoms with Crippen molar-refractivity contribution in [1.82, 2.24) is 5.32 Å². The third kappa shape index (κ3) is 4.84. The molecule has 0 saturated heterocycles. The average Bonchev–Trinajstić information content (AvgIpc) is 3.20. The van der Waals surface area contributed by atoms with E-state index in [0.717, 1.165) is 10.4 Å². The summed E-state index contributed by atoms with van der Waals surface area (Å²) in [5.74, 6) is -0.395. The minimum Gasteiger partial charge on any atom is -0.477 e. The molecule has 0 aliphatic carbocycles.